The number of hydrogen-bond donors (Lipinski definition) is 2. The number of carboxylic acid groups (broad SMARTS) is 1. The summed E-state index contributed by atoms with van der Waals surface area (Å²) in [6.45, 7) is 0. The van der Waals surface area contributed by atoms with Crippen LogP contribution in [0.2, 0.25) is 0 Å². The van der Waals surface area contributed by atoms with Crippen LogP contribution in [0.15, 0.2) is 5.16 Å². The highest BCUT2D eigenvalue weighted by atomic mass is 32.2. The van der Waals surface area contributed by atoms with Crippen LogP contribution in [0.25, 0.3) is 0 Å². The Morgan fingerprint density at radius 3 is 2.81 bits per heavy atom. The summed E-state index contributed by atoms with van der Waals surface area (Å²) < 4.78 is 1.81. The van der Waals surface area contributed by atoms with Gasteiger partial charge < -0.3 is 14.8 Å². The summed E-state index contributed by atoms with van der Waals surface area (Å²) >= 11 is 1.16. The van der Waals surface area contributed by atoms with E-state index in [1.165, 1.54) is 0 Å². The van der Waals surface area contributed by atoms with Crippen LogP contribution in [0.4, 0.5) is 0 Å². The van der Waals surface area contributed by atoms with Gasteiger partial charge in [-0.2, -0.15) is 0 Å². The van der Waals surface area contributed by atoms with E-state index in [0.29, 0.717) is 5.16 Å². The maximum absolute atomic E-state index is 10.4. The Morgan fingerprint density at radius 2 is 2.25 bits per heavy atom. The molecule has 2 N–H and O–H groups in total. The molecule has 0 radical (unpaired) electrons. The standard InChI is InChI=1S/C9H13N3O3S/c1-12-8(5-2-6(13)3-5)10-11-9(12)16-4-7(14)15/h5-6,13H,2-4H2,1H3,(H,14,15). The Morgan fingerprint density at radius 1 is 1.56 bits per heavy atom. The Hall–Kier alpha value is -1.08. The van der Waals surface area contributed by atoms with Gasteiger partial charge >= 0.3 is 5.97 Å². The normalized spacial score (nSPS) is 24.1. The van der Waals surface area contributed by atoms with E-state index in [4.69, 9.17) is 5.11 Å². The lowest BCUT2D eigenvalue weighted by molar-refractivity contribution is -0.133. The molecular formula is C9H13N3O3S. The lowest BCUT2D eigenvalue weighted by Gasteiger charge is -2.30. The van der Waals surface area contributed by atoms with Crippen LogP contribution >= 0.6 is 11.8 Å². The highest BCUT2D eigenvalue weighted by Crippen LogP contribution is 2.36. The molecule has 0 spiro atoms. The minimum atomic E-state index is -0.867. The molecular weight excluding hydrogens is 230 g/mol. The fraction of sp³-hybridized carbons (Fsp3) is 0.667. The molecule has 16 heavy (non-hydrogen) atoms. The van der Waals surface area contributed by atoms with Crippen LogP contribution in [-0.2, 0) is 11.8 Å². The number of aliphatic carboxylic acids is 1. The number of aliphatic hydroxyl groups is 1. The summed E-state index contributed by atoms with van der Waals surface area (Å²) in [5, 5.41) is 26.4. The highest BCUT2D eigenvalue weighted by molar-refractivity contribution is 7.99. The number of nitrogens with zero attached hydrogens (tertiary/aromatic N) is 3. The maximum atomic E-state index is 10.4. The van der Waals surface area contributed by atoms with Crippen molar-refractivity contribution in [1.29, 1.82) is 0 Å². The van der Waals surface area contributed by atoms with Crippen LogP contribution in [0.3, 0.4) is 0 Å². The Labute approximate surface area is 96.7 Å². The highest BCUT2D eigenvalue weighted by Gasteiger charge is 2.32. The van der Waals surface area contributed by atoms with Gasteiger partial charge in [-0.15, -0.1) is 10.2 Å². The predicted molar refractivity (Wildman–Crippen MR) is 57.3 cm³/mol. The van der Waals surface area contributed by atoms with Gasteiger partial charge in [-0.3, -0.25) is 4.79 Å². The van der Waals surface area contributed by atoms with Crippen molar-refractivity contribution in [3.63, 3.8) is 0 Å². The zero-order valence-electron chi connectivity index (χ0n) is 8.83. The zero-order valence-corrected chi connectivity index (χ0v) is 9.65. The van der Waals surface area contributed by atoms with Gasteiger partial charge in [0.25, 0.3) is 0 Å². The van der Waals surface area contributed by atoms with Crippen molar-refractivity contribution >= 4 is 17.7 Å². The third kappa shape index (κ3) is 2.19. The number of carboxylic acids is 1. The summed E-state index contributed by atoms with van der Waals surface area (Å²) in [7, 11) is 1.82. The first-order valence-electron chi connectivity index (χ1n) is 5.00. The molecule has 1 aromatic rings. The topological polar surface area (TPSA) is 88.2 Å². The second kappa shape index (κ2) is 4.42. The second-order valence-electron chi connectivity index (χ2n) is 3.90. The SMILES string of the molecule is Cn1c(SCC(=O)O)nnc1C1CC(O)C1. The minimum Gasteiger partial charge on any atom is -0.481 e. The molecule has 1 fully saturated rings. The van der Waals surface area contributed by atoms with E-state index in [2.05, 4.69) is 10.2 Å². The van der Waals surface area contributed by atoms with Crippen molar-refractivity contribution in [1.82, 2.24) is 14.8 Å². The molecule has 0 saturated heterocycles. The molecule has 0 bridgehead atoms. The molecule has 0 aromatic carbocycles. The first kappa shape index (κ1) is 11.4. The van der Waals surface area contributed by atoms with Crippen molar-refractivity contribution in [2.75, 3.05) is 5.75 Å². The van der Waals surface area contributed by atoms with Gasteiger partial charge in [0.2, 0.25) is 0 Å². The minimum absolute atomic E-state index is 0.0146. The first-order chi connectivity index (χ1) is 7.58. The second-order valence-corrected chi connectivity index (χ2v) is 4.85. The molecule has 0 aliphatic heterocycles. The molecule has 0 unspecified atom stereocenters. The molecule has 1 aliphatic rings. The number of hydrogen-bond acceptors (Lipinski definition) is 5. The molecule has 7 heteroatoms. The molecule has 1 saturated carbocycles. The number of rotatable bonds is 4. The monoisotopic (exact) mass is 243 g/mol. The Kier molecular flexibility index (Phi) is 3.15. The first-order valence-corrected chi connectivity index (χ1v) is 5.98. The van der Waals surface area contributed by atoms with Crippen LogP contribution in [0.1, 0.15) is 24.6 Å². The molecule has 88 valence electrons. The van der Waals surface area contributed by atoms with E-state index in [-0.39, 0.29) is 17.8 Å². The third-order valence-corrected chi connectivity index (χ3v) is 3.68. The van der Waals surface area contributed by atoms with Gasteiger partial charge in [0, 0.05) is 13.0 Å². The fourth-order valence-electron chi connectivity index (χ4n) is 1.73. The average molecular weight is 243 g/mol. The van der Waals surface area contributed by atoms with Crippen LogP contribution in [0, 0.1) is 0 Å². The largest absolute Gasteiger partial charge is 0.481 e. The molecule has 1 aromatic heterocycles. The van der Waals surface area contributed by atoms with E-state index >= 15 is 0 Å². The predicted octanol–water partition coefficient (Wildman–Crippen LogP) is 0.230. The van der Waals surface area contributed by atoms with Gasteiger partial charge in [0.1, 0.15) is 5.82 Å². The van der Waals surface area contributed by atoms with E-state index in [9.17, 15) is 9.90 Å². The van der Waals surface area contributed by atoms with Crippen LogP contribution in [-0.4, -0.2) is 42.8 Å². The molecule has 6 nitrogen and oxygen atoms in total. The lowest BCUT2D eigenvalue weighted by Crippen LogP contribution is -2.28. The molecule has 1 aliphatic carbocycles. The van der Waals surface area contributed by atoms with Crippen molar-refractivity contribution in [2.24, 2.45) is 7.05 Å². The van der Waals surface area contributed by atoms with Gasteiger partial charge in [-0.25, -0.2) is 0 Å². The van der Waals surface area contributed by atoms with Crippen molar-refractivity contribution in [2.45, 2.75) is 30.0 Å². The van der Waals surface area contributed by atoms with Crippen molar-refractivity contribution in [3.05, 3.63) is 5.82 Å². The lowest BCUT2D eigenvalue weighted by atomic mass is 9.82. The van der Waals surface area contributed by atoms with Crippen molar-refractivity contribution in [3.8, 4) is 0 Å². The van der Waals surface area contributed by atoms with Crippen LogP contribution in [0.5, 0.6) is 0 Å². The number of aromatic nitrogens is 3. The summed E-state index contributed by atoms with van der Waals surface area (Å²) in [5.74, 6) is 0.206. The number of thioether (sulfide) groups is 1. The number of carbonyl (C=O) groups is 1. The molecule has 0 amide bonds. The molecule has 0 atom stereocenters. The number of aliphatic hydroxyl groups excluding tert-OH is 1. The van der Waals surface area contributed by atoms with E-state index in [0.717, 1.165) is 30.4 Å². The summed E-state index contributed by atoms with van der Waals surface area (Å²) in [4.78, 5) is 10.4. The molecule has 2 rings (SSSR count). The van der Waals surface area contributed by atoms with Gasteiger partial charge in [0.05, 0.1) is 11.9 Å². The Balaban J connectivity index is 2.03. The van der Waals surface area contributed by atoms with E-state index < -0.39 is 5.97 Å². The summed E-state index contributed by atoms with van der Waals surface area (Å²) in [5.41, 5.74) is 0. The van der Waals surface area contributed by atoms with Gasteiger partial charge in [-0.05, 0) is 12.8 Å². The van der Waals surface area contributed by atoms with Gasteiger partial charge in [0.15, 0.2) is 5.16 Å². The van der Waals surface area contributed by atoms with Crippen LogP contribution < -0.4 is 0 Å². The molecule has 1 heterocycles. The third-order valence-electron chi connectivity index (χ3n) is 2.67. The quantitative estimate of drug-likeness (QED) is 0.736. The van der Waals surface area contributed by atoms with E-state index in [1.807, 2.05) is 11.6 Å². The average Bonchev–Trinajstić information content (AvgIpc) is 2.52. The Bertz CT molecular complexity index is 401. The smallest absolute Gasteiger partial charge is 0.313 e. The van der Waals surface area contributed by atoms with E-state index in [1.54, 1.807) is 0 Å². The summed E-state index contributed by atoms with van der Waals surface area (Å²) in [6.07, 6.45) is 1.21. The maximum Gasteiger partial charge on any atom is 0.313 e. The zero-order chi connectivity index (χ0) is 11.7. The fourth-order valence-corrected chi connectivity index (χ4v) is 2.37. The summed E-state index contributed by atoms with van der Waals surface area (Å²) in [6, 6.07) is 0. The van der Waals surface area contributed by atoms with Gasteiger partial charge in [-0.1, -0.05) is 11.8 Å². The van der Waals surface area contributed by atoms with Crippen molar-refractivity contribution < 1.29 is 15.0 Å².